The van der Waals surface area contributed by atoms with Crippen molar-refractivity contribution in [2.75, 3.05) is 6.54 Å². The first kappa shape index (κ1) is 14.1. The van der Waals surface area contributed by atoms with Crippen LogP contribution in [0.2, 0.25) is 0 Å². The fourth-order valence-electron chi connectivity index (χ4n) is 1.72. The summed E-state index contributed by atoms with van der Waals surface area (Å²) in [5, 5.41) is 3.41. The first-order chi connectivity index (χ1) is 7.86. The number of aromatic nitrogens is 2. The third-order valence-corrected chi connectivity index (χ3v) is 2.82. The average Bonchev–Trinajstić information content (AvgIpc) is 2.20. The first-order valence-electron chi connectivity index (χ1n) is 6.41. The van der Waals surface area contributed by atoms with Gasteiger partial charge in [-0.2, -0.15) is 0 Å². The van der Waals surface area contributed by atoms with Crippen LogP contribution in [0, 0.1) is 13.8 Å². The van der Waals surface area contributed by atoms with Gasteiger partial charge in [-0.05, 0) is 26.8 Å². The smallest absolute Gasteiger partial charge is 0.134 e. The van der Waals surface area contributed by atoms with Crippen LogP contribution in [0.3, 0.4) is 0 Å². The highest BCUT2D eigenvalue weighted by molar-refractivity contribution is 5.25. The zero-order chi connectivity index (χ0) is 13.1. The van der Waals surface area contributed by atoms with E-state index in [0.29, 0.717) is 0 Å². The molecule has 1 N–H and O–H groups in total. The summed E-state index contributed by atoms with van der Waals surface area (Å²) in [7, 11) is 0. The molecule has 96 valence electrons. The summed E-state index contributed by atoms with van der Waals surface area (Å²) in [4.78, 5) is 9.27. The summed E-state index contributed by atoms with van der Waals surface area (Å²) in [5.74, 6) is 0.937. The molecule has 3 heteroatoms. The molecule has 3 nitrogen and oxygen atoms in total. The molecule has 0 saturated heterocycles. The summed E-state index contributed by atoms with van der Waals surface area (Å²) < 4.78 is 0. The van der Waals surface area contributed by atoms with E-state index in [9.17, 15) is 0 Å². The summed E-state index contributed by atoms with van der Waals surface area (Å²) in [6.07, 6.45) is 1.15. The number of rotatable bonds is 4. The van der Waals surface area contributed by atoms with Gasteiger partial charge in [-0.1, -0.05) is 27.7 Å². The Morgan fingerprint density at radius 1 is 1.06 bits per heavy atom. The maximum Gasteiger partial charge on any atom is 0.134 e. The van der Waals surface area contributed by atoms with E-state index in [-0.39, 0.29) is 5.41 Å². The van der Waals surface area contributed by atoms with Gasteiger partial charge in [0.05, 0.1) is 0 Å². The molecule has 17 heavy (non-hydrogen) atoms. The molecule has 0 radical (unpaired) electrons. The Balaban J connectivity index is 2.95. The highest BCUT2D eigenvalue weighted by Gasteiger charge is 2.19. The Labute approximate surface area is 105 Å². The van der Waals surface area contributed by atoms with E-state index < -0.39 is 0 Å². The molecule has 1 aromatic rings. The molecule has 0 aliphatic heterocycles. The molecule has 0 amide bonds. The second kappa shape index (κ2) is 5.58. The molecular weight excluding hydrogens is 210 g/mol. The van der Waals surface area contributed by atoms with Crippen LogP contribution < -0.4 is 5.32 Å². The molecular formula is C14H25N3. The van der Waals surface area contributed by atoms with E-state index in [1.807, 2.05) is 0 Å². The van der Waals surface area contributed by atoms with Crippen LogP contribution in [-0.2, 0) is 12.0 Å². The lowest BCUT2D eigenvalue weighted by Gasteiger charge is -2.19. The standard InChI is InChI=1S/C14H25N3/c1-7-8-15-9-12-10(2)16-13(14(4,5)6)17-11(12)3/h15H,7-9H2,1-6H3. The molecule has 1 aromatic heterocycles. The maximum atomic E-state index is 4.63. The van der Waals surface area contributed by atoms with Gasteiger partial charge in [0, 0.05) is 28.9 Å². The van der Waals surface area contributed by atoms with Crippen molar-refractivity contribution in [3.05, 3.63) is 22.8 Å². The van der Waals surface area contributed by atoms with Crippen molar-refractivity contribution >= 4 is 0 Å². The highest BCUT2D eigenvalue weighted by Crippen LogP contribution is 2.20. The lowest BCUT2D eigenvalue weighted by atomic mass is 9.95. The number of nitrogens with one attached hydrogen (secondary N) is 1. The normalized spacial score (nSPS) is 11.9. The van der Waals surface area contributed by atoms with Crippen molar-refractivity contribution in [3.8, 4) is 0 Å². The van der Waals surface area contributed by atoms with Gasteiger partial charge in [0.15, 0.2) is 0 Å². The monoisotopic (exact) mass is 235 g/mol. The molecule has 0 bridgehead atoms. The fraction of sp³-hybridized carbons (Fsp3) is 0.714. The van der Waals surface area contributed by atoms with Crippen molar-refractivity contribution in [1.82, 2.24) is 15.3 Å². The van der Waals surface area contributed by atoms with Gasteiger partial charge >= 0.3 is 0 Å². The van der Waals surface area contributed by atoms with Crippen LogP contribution in [0.4, 0.5) is 0 Å². The van der Waals surface area contributed by atoms with Gasteiger partial charge in [-0.3, -0.25) is 0 Å². The zero-order valence-corrected chi connectivity index (χ0v) is 12.0. The van der Waals surface area contributed by atoms with Crippen LogP contribution in [0.1, 0.15) is 56.9 Å². The van der Waals surface area contributed by atoms with Crippen LogP contribution in [0.15, 0.2) is 0 Å². The van der Waals surface area contributed by atoms with Crippen molar-refractivity contribution in [2.24, 2.45) is 0 Å². The van der Waals surface area contributed by atoms with Gasteiger partial charge in [0.25, 0.3) is 0 Å². The van der Waals surface area contributed by atoms with Gasteiger partial charge < -0.3 is 5.32 Å². The predicted molar refractivity (Wildman–Crippen MR) is 72.2 cm³/mol. The van der Waals surface area contributed by atoms with Crippen LogP contribution in [-0.4, -0.2) is 16.5 Å². The fourth-order valence-corrected chi connectivity index (χ4v) is 1.72. The Morgan fingerprint density at radius 3 is 2.00 bits per heavy atom. The summed E-state index contributed by atoms with van der Waals surface area (Å²) >= 11 is 0. The Bertz CT molecular complexity index is 355. The van der Waals surface area contributed by atoms with Gasteiger partial charge in [0.2, 0.25) is 0 Å². The predicted octanol–water partition coefficient (Wildman–Crippen LogP) is 2.89. The second-order valence-corrected chi connectivity index (χ2v) is 5.62. The minimum Gasteiger partial charge on any atom is -0.313 e. The first-order valence-corrected chi connectivity index (χ1v) is 6.41. The van der Waals surface area contributed by atoms with Gasteiger partial charge in [-0.25, -0.2) is 9.97 Å². The van der Waals surface area contributed by atoms with E-state index in [1.165, 1.54) is 5.56 Å². The molecule has 0 aliphatic rings. The highest BCUT2D eigenvalue weighted by atomic mass is 14.9. The molecule has 0 fully saturated rings. The topological polar surface area (TPSA) is 37.8 Å². The number of hydrogen-bond donors (Lipinski definition) is 1. The summed E-state index contributed by atoms with van der Waals surface area (Å²) in [6, 6.07) is 0. The zero-order valence-electron chi connectivity index (χ0n) is 12.0. The molecule has 0 saturated carbocycles. The van der Waals surface area contributed by atoms with Crippen molar-refractivity contribution in [3.63, 3.8) is 0 Å². The minimum atomic E-state index is 0.0187. The van der Waals surface area contributed by atoms with Crippen LogP contribution in [0.25, 0.3) is 0 Å². The summed E-state index contributed by atoms with van der Waals surface area (Å²) in [5.41, 5.74) is 3.47. The quantitative estimate of drug-likeness (QED) is 0.815. The molecule has 0 atom stereocenters. The number of aryl methyl sites for hydroxylation is 2. The molecule has 0 aliphatic carbocycles. The number of hydrogen-bond acceptors (Lipinski definition) is 3. The molecule has 0 unspecified atom stereocenters. The third-order valence-electron chi connectivity index (χ3n) is 2.82. The Kier molecular flexibility index (Phi) is 4.63. The van der Waals surface area contributed by atoms with Crippen molar-refractivity contribution in [2.45, 2.75) is 59.9 Å². The molecule has 1 heterocycles. The van der Waals surface area contributed by atoms with E-state index in [2.05, 4.69) is 56.8 Å². The molecule has 1 rings (SSSR count). The average molecular weight is 235 g/mol. The molecule has 0 aromatic carbocycles. The third kappa shape index (κ3) is 3.77. The van der Waals surface area contributed by atoms with E-state index in [4.69, 9.17) is 0 Å². The maximum absolute atomic E-state index is 4.63. The number of nitrogens with zero attached hydrogens (tertiary/aromatic N) is 2. The second-order valence-electron chi connectivity index (χ2n) is 5.62. The largest absolute Gasteiger partial charge is 0.313 e. The lowest BCUT2D eigenvalue weighted by Crippen LogP contribution is -2.21. The minimum absolute atomic E-state index is 0.0187. The Hall–Kier alpha value is -0.960. The van der Waals surface area contributed by atoms with E-state index >= 15 is 0 Å². The van der Waals surface area contributed by atoms with Crippen LogP contribution in [0.5, 0.6) is 0 Å². The van der Waals surface area contributed by atoms with Gasteiger partial charge in [0.1, 0.15) is 5.82 Å². The van der Waals surface area contributed by atoms with E-state index in [1.54, 1.807) is 0 Å². The Morgan fingerprint density at radius 2 is 1.59 bits per heavy atom. The SMILES string of the molecule is CCCNCc1c(C)nc(C(C)(C)C)nc1C. The van der Waals surface area contributed by atoms with Crippen molar-refractivity contribution in [1.29, 1.82) is 0 Å². The van der Waals surface area contributed by atoms with E-state index in [0.717, 1.165) is 36.7 Å². The lowest BCUT2D eigenvalue weighted by molar-refractivity contribution is 0.537. The van der Waals surface area contributed by atoms with Crippen LogP contribution >= 0.6 is 0 Å². The van der Waals surface area contributed by atoms with Crippen molar-refractivity contribution < 1.29 is 0 Å². The molecule has 0 spiro atoms. The summed E-state index contributed by atoms with van der Waals surface area (Å²) in [6.45, 7) is 14.7. The van der Waals surface area contributed by atoms with Gasteiger partial charge in [-0.15, -0.1) is 0 Å².